The Kier molecular flexibility index (Phi) is 6.26. The van der Waals surface area contributed by atoms with Crippen LogP contribution in [0, 0.1) is 5.82 Å². The van der Waals surface area contributed by atoms with Crippen molar-refractivity contribution < 1.29 is 17.6 Å². The summed E-state index contributed by atoms with van der Waals surface area (Å²) in [7, 11) is 0. The number of benzene rings is 1. The van der Waals surface area contributed by atoms with Gasteiger partial charge in [-0.05, 0) is 37.1 Å². The van der Waals surface area contributed by atoms with Crippen LogP contribution in [0.3, 0.4) is 0 Å². The molecule has 1 aromatic carbocycles. The molecule has 108 valence electrons. The normalized spacial score (nSPS) is 13.6. The van der Waals surface area contributed by atoms with E-state index in [1.54, 1.807) is 6.07 Å². The van der Waals surface area contributed by atoms with E-state index in [1.807, 2.05) is 6.92 Å². The lowest BCUT2D eigenvalue weighted by atomic mass is 10.0. The van der Waals surface area contributed by atoms with Crippen LogP contribution in [0.1, 0.15) is 25.3 Å². The van der Waals surface area contributed by atoms with Gasteiger partial charge in [0.1, 0.15) is 5.82 Å². The Morgan fingerprint density at radius 3 is 2.53 bits per heavy atom. The number of halogens is 5. The maximum absolute atomic E-state index is 12.9. The van der Waals surface area contributed by atoms with Gasteiger partial charge in [-0.2, -0.15) is 13.2 Å². The van der Waals surface area contributed by atoms with E-state index in [0.29, 0.717) is 17.4 Å². The van der Waals surface area contributed by atoms with E-state index in [9.17, 15) is 17.6 Å². The SMILES string of the molecule is CCNC(CCC(F)(F)F)Cc1ccc(F)cc1Br. The third-order valence-corrected chi connectivity index (χ3v) is 3.49. The van der Waals surface area contributed by atoms with Gasteiger partial charge in [-0.15, -0.1) is 0 Å². The first kappa shape index (κ1) is 16.4. The molecule has 0 radical (unpaired) electrons. The van der Waals surface area contributed by atoms with Crippen LogP contribution in [-0.4, -0.2) is 18.8 Å². The van der Waals surface area contributed by atoms with Crippen molar-refractivity contribution in [2.24, 2.45) is 0 Å². The predicted octanol–water partition coefficient (Wildman–Crippen LogP) is 4.45. The molecule has 1 atom stereocenters. The van der Waals surface area contributed by atoms with Crippen LogP contribution in [0.25, 0.3) is 0 Å². The molecule has 0 aliphatic carbocycles. The number of rotatable bonds is 6. The van der Waals surface area contributed by atoms with Gasteiger partial charge in [-0.3, -0.25) is 0 Å². The van der Waals surface area contributed by atoms with Gasteiger partial charge < -0.3 is 5.32 Å². The van der Waals surface area contributed by atoms with Gasteiger partial charge in [0.05, 0.1) is 0 Å². The van der Waals surface area contributed by atoms with E-state index in [4.69, 9.17) is 0 Å². The second-order valence-corrected chi connectivity index (χ2v) is 5.20. The van der Waals surface area contributed by atoms with E-state index >= 15 is 0 Å². The molecule has 0 aromatic heterocycles. The van der Waals surface area contributed by atoms with E-state index in [2.05, 4.69) is 21.2 Å². The van der Waals surface area contributed by atoms with E-state index in [1.165, 1.54) is 12.1 Å². The minimum absolute atomic E-state index is 0.0150. The highest BCUT2D eigenvalue weighted by Crippen LogP contribution is 2.25. The molecule has 1 N–H and O–H groups in total. The minimum Gasteiger partial charge on any atom is -0.314 e. The van der Waals surface area contributed by atoms with Crippen LogP contribution in [0.15, 0.2) is 22.7 Å². The fourth-order valence-corrected chi connectivity index (χ4v) is 2.37. The molecule has 0 heterocycles. The smallest absolute Gasteiger partial charge is 0.314 e. The minimum atomic E-state index is -4.15. The Hall–Kier alpha value is -0.620. The molecule has 0 amide bonds. The van der Waals surface area contributed by atoms with Crippen molar-refractivity contribution in [1.29, 1.82) is 0 Å². The van der Waals surface area contributed by atoms with Crippen molar-refractivity contribution in [2.75, 3.05) is 6.54 Å². The molecule has 0 saturated carbocycles. The van der Waals surface area contributed by atoms with Crippen molar-refractivity contribution in [3.63, 3.8) is 0 Å². The van der Waals surface area contributed by atoms with Crippen LogP contribution < -0.4 is 5.32 Å². The summed E-state index contributed by atoms with van der Waals surface area (Å²) in [6, 6.07) is 3.96. The van der Waals surface area contributed by atoms with Crippen LogP contribution in [-0.2, 0) is 6.42 Å². The highest BCUT2D eigenvalue weighted by Gasteiger charge is 2.28. The van der Waals surface area contributed by atoms with Gasteiger partial charge in [-0.25, -0.2) is 4.39 Å². The van der Waals surface area contributed by atoms with Gasteiger partial charge in [0.15, 0.2) is 0 Å². The average molecular weight is 342 g/mol. The third kappa shape index (κ3) is 6.38. The first-order chi connectivity index (χ1) is 8.81. The Balaban J connectivity index is 2.67. The Labute approximate surface area is 118 Å². The topological polar surface area (TPSA) is 12.0 Å². The number of hydrogen-bond donors (Lipinski definition) is 1. The molecule has 0 bridgehead atoms. The van der Waals surface area contributed by atoms with Gasteiger partial charge in [0, 0.05) is 16.9 Å². The van der Waals surface area contributed by atoms with Crippen LogP contribution in [0.2, 0.25) is 0 Å². The second-order valence-electron chi connectivity index (χ2n) is 4.35. The Bertz CT molecular complexity index is 406. The number of hydrogen-bond acceptors (Lipinski definition) is 1. The van der Waals surface area contributed by atoms with Crippen molar-refractivity contribution in [3.8, 4) is 0 Å². The number of nitrogens with one attached hydrogen (secondary N) is 1. The van der Waals surface area contributed by atoms with Crippen molar-refractivity contribution in [1.82, 2.24) is 5.32 Å². The highest BCUT2D eigenvalue weighted by molar-refractivity contribution is 9.10. The molecule has 0 spiro atoms. The molecular weight excluding hydrogens is 326 g/mol. The Morgan fingerprint density at radius 2 is 2.00 bits per heavy atom. The van der Waals surface area contributed by atoms with E-state index < -0.39 is 12.6 Å². The maximum Gasteiger partial charge on any atom is 0.389 e. The molecule has 6 heteroatoms. The summed E-state index contributed by atoms with van der Waals surface area (Å²) in [4.78, 5) is 0. The largest absolute Gasteiger partial charge is 0.389 e. The predicted molar refractivity (Wildman–Crippen MR) is 70.6 cm³/mol. The monoisotopic (exact) mass is 341 g/mol. The summed E-state index contributed by atoms with van der Waals surface area (Å²) in [6.07, 6.45) is -4.51. The molecule has 1 aromatic rings. The summed E-state index contributed by atoms with van der Waals surface area (Å²) in [5.41, 5.74) is 0.800. The van der Waals surface area contributed by atoms with Gasteiger partial charge in [0.2, 0.25) is 0 Å². The first-order valence-corrected chi connectivity index (χ1v) is 6.85. The van der Waals surface area contributed by atoms with Gasteiger partial charge in [0.25, 0.3) is 0 Å². The fourth-order valence-electron chi connectivity index (χ4n) is 1.86. The van der Waals surface area contributed by atoms with E-state index in [0.717, 1.165) is 5.56 Å². The zero-order valence-electron chi connectivity index (χ0n) is 10.5. The van der Waals surface area contributed by atoms with Crippen molar-refractivity contribution >= 4 is 15.9 Å². The summed E-state index contributed by atoms with van der Waals surface area (Å²) in [6.45, 7) is 2.45. The average Bonchev–Trinajstić information content (AvgIpc) is 2.28. The van der Waals surface area contributed by atoms with Gasteiger partial charge >= 0.3 is 6.18 Å². The summed E-state index contributed by atoms with van der Waals surface area (Å²) in [5, 5.41) is 3.03. The lowest BCUT2D eigenvalue weighted by molar-refractivity contribution is -0.136. The van der Waals surface area contributed by atoms with Crippen LogP contribution in [0.5, 0.6) is 0 Å². The molecule has 1 rings (SSSR count). The molecule has 0 aliphatic heterocycles. The molecule has 1 unspecified atom stereocenters. The lowest BCUT2D eigenvalue weighted by Gasteiger charge is -2.19. The number of alkyl halides is 3. The molecular formula is C13H16BrF4N. The van der Waals surface area contributed by atoms with Crippen LogP contribution >= 0.6 is 15.9 Å². The standard InChI is InChI=1S/C13H16BrF4N/c1-2-19-11(5-6-13(16,17)18)7-9-3-4-10(15)8-12(9)14/h3-4,8,11,19H,2,5-7H2,1H3. The molecule has 1 nitrogen and oxygen atoms in total. The summed E-state index contributed by atoms with van der Waals surface area (Å²) >= 11 is 3.23. The molecule has 19 heavy (non-hydrogen) atoms. The fraction of sp³-hybridized carbons (Fsp3) is 0.538. The second kappa shape index (κ2) is 7.24. The third-order valence-electron chi connectivity index (χ3n) is 2.75. The Morgan fingerprint density at radius 1 is 1.32 bits per heavy atom. The number of likely N-dealkylation sites (N-methyl/N-ethyl adjacent to an activating group) is 1. The summed E-state index contributed by atoms with van der Waals surface area (Å²) < 4.78 is 50.3. The quantitative estimate of drug-likeness (QED) is 0.753. The van der Waals surface area contributed by atoms with Crippen LogP contribution in [0.4, 0.5) is 17.6 Å². The summed E-state index contributed by atoms with van der Waals surface area (Å²) in [5.74, 6) is -0.370. The van der Waals surface area contributed by atoms with E-state index in [-0.39, 0.29) is 18.3 Å². The van der Waals surface area contributed by atoms with Crippen molar-refractivity contribution in [2.45, 2.75) is 38.4 Å². The lowest BCUT2D eigenvalue weighted by Crippen LogP contribution is -2.32. The van der Waals surface area contributed by atoms with Gasteiger partial charge in [-0.1, -0.05) is 28.9 Å². The highest BCUT2D eigenvalue weighted by atomic mass is 79.9. The first-order valence-electron chi connectivity index (χ1n) is 6.06. The van der Waals surface area contributed by atoms with Crippen molar-refractivity contribution in [3.05, 3.63) is 34.1 Å². The zero-order valence-corrected chi connectivity index (χ0v) is 12.1. The zero-order chi connectivity index (χ0) is 14.5. The molecule has 0 fully saturated rings. The molecule has 0 saturated heterocycles. The molecule has 0 aliphatic rings. The maximum atomic E-state index is 12.9.